The number of anilines is 1. The number of aromatic nitrogens is 4. The Morgan fingerprint density at radius 1 is 1.15 bits per heavy atom. The van der Waals surface area contributed by atoms with Crippen LogP contribution in [0.1, 0.15) is 52.1 Å². The molecular weight excluding hydrogens is 450 g/mol. The van der Waals surface area contributed by atoms with Crippen molar-refractivity contribution in [3.63, 3.8) is 0 Å². The molecule has 4 aromatic rings. The fourth-order valence-electron chi connectivity index (χ4n) is 3.43. The number of amides is 1. The van der Waals surface area contributed by atoms with Crippen LogP contribution in [-0.4, -0.2) is 31.6 Å². The number of hydrogen-bond acceptors (Lipinski definition) is 7. The minimum absolute atomic E-state index is 0.0151. The number of esters is 1. The fourth-order valence-corrected chi connectivity index (χ4v) is 4.20. The van der Waals surface area contributed by atoms with Crippen LogP contribution in [0.5, 0.6) is 0 Å². The normalized spacial score (nSPS) is 10.9. The first-order chi connectivity index (χ1) is 16.4. The highest BCUT2D eigenvalue weighted by molar-refractivity contribution is 7.09. The number of nitrogens with zero attached hydrogens (tertiary/aromatic N) is 4. The summed E-state index contributed by atoms with van der Waals surface area (Å²) >= 11 is 1.36. The van der Waals surface area contributed by atoms with E-state index in [9.17, 15) is 9.59 Å². The van der Waals surface area contributed by atoms with Crippen molar-refractivity contribution in [1.29, 1.82) is 0 Å². The molecule has 1 N–H and O–H groups in total. The number of nitrogens with one attached hydrogen (secondary N) is 1. The largest absolute Gasteiger partial charge is 0.455 e. The molecule has 4 rings (SSSR count). The molecule has 8 nitrogen and oxygen atoms in total. The standard InChI is InChI=1S/C25H25N5O3S/c1-16(2)24-20(13-27-30(24)21-6-4-5-11-26-21)25(32)33-14-19-15-34-23(29-19)12-22(31)28-18-9-7-17(3)8-10-18/h4-11,13,15-16H,12,14H2,1-3H3,(H,28,31). The van der Waals surface area contributed by atoms with E-state index < -0.39 is 5.97 Å². The predicted molar refractivity (Wildman–Crippen MR) is 130 cm³/mol. The maximum Gasteiger partial charge on any atom is 0.342 e. The van der Waals surface area contributed by atoms with E-state index in [4.69, 9.17) is 4.74 Å². The summed E-state index contributed by atoms with van der Waals surface area (Å²) in [5.41, 5.74) is 3.60. The maximum absolute atomic E-state index is 12.8. The molecule has 0 saturated heterocycles. The van der Waals surface area contributed by atoms with Crippen molar-refractivity contribution in [2.75, 3.05) is 5.32 Å². The summed E-state index contributed by atoms with van der Waals surface area (Å²) in [7, 11) is 0. The third-order valence-corrected chi connectivity index (χ3v) is 5.93. The molecule has 0 aliphatic heterocycles. The van der Waals surface area contributed by atoms with Gasteiger partial charge in [0.05, 0.1) is 24.0 Å². The highest BCUT2D eigenvalue weighted by atomic mass is 32.1. The van der Waals surface area contributed by atoms with Crippen molar-refractivity contribution in [2.24, 2.45) is 0 Å². The molecular formula is C25H25N5O3S. The van der Waals surface area contributed by atoms with Gasteiger partial charge in [-0.25, -0.2) is 19.4 Å². The van der Waals surface area contributed by atoms with Crippen molar-refractivity contribution >= 4 is 28.9 Å². The summed E-state index contributed by atoms with van der Waals surface area (Å²) in [6.45, 7) is 5.98. The lowest BCUT2D eigenvalue weighted by molar-refractivity contribution is -0.115. The lowest BCUT2D eigenvalue weighted by Crippen LogP contribution is -2.14. The van der Waals surface area contributed by atoms with Gasteiger partial charge in [0.25, 0.3) is 0 Å². The number of thiazole rings is 1. The Labute approximate surface area is 201 Å². The fraction of sp³-hybridized carbons (Fsp3) is 0.240. The topological polar surface area (TPSA) is 99.0 Å². The minimum atomic E-state index is -0.474. The average Bonchev–Trinajstić information content (AvgIpc) is 3.47. The first-order valence-corrected chi connectivity index (χ1v) is 11.7. The number of hydrogen-bond donors (Lipinski definition) is 1. The van der Waals surface area contributed by atoms with E-state index in [1.54, 1.807) is 16.3 Å². The summed E-state index contributed by atoms with van der Waals surface area (Å²) in [4.78, 5) is 33.9. The highest BCUT2D eigenvalue weighted by Gasteiger charge is 2.23. The molecule has 0 saturated carbocycles. The van der Waals surface area contributed by atoms with Crippen molar-refractivity contribution < 1.29 is 14.3 Å². The number of pyridine rings is 1. The third kappa shape index (κ3) is 5.55. The van der Waals surface area contributed by atoms with E-state index in [2.05, 4.69) is 20.4 Å². The van der Waals surface area contributed by atoms with Crippen LogP contribution in [0.2, 0.25) is 0 Å². The van der Waals surface area contributed by atoms with E-state index in [1.165, 1.54) is 17.5 Å². The molecule has 0 fully saturated rings. The quantitative estimate of drug-likeness (QED) is 0.371. The Balaban J connectivity index is 1.37. The second-order valence-corrected chi connectivity index (χ2v) is 9.04. The van der Waals surface area contributed by atoms with Crippen molar-refractivity contribution in [3.05, 3.63) is 87.8 Å². The Morgan fingerprint density at radius 3 is 2.65 bits per heavy atom. The molecule has 174 valence electrons. The maximum atomic E-state index is 12.8. The van der Waals surface area contributed by atoms with Crippen LogP contribution < -0.4 is 5.32 Å². The zero-order valence-corrected chi connectivity index (χ0v) is 20.0. The van der Waals surface area contributed by atoms with Crippen LogP contribution in [0.3, 0.4) is 0 Å². The summed E-state index contributed by atoms with van der Waals surface area (Å²) in [6, 6.07) is 13.1. The van der Waals surface area contributed by atoms with Gasteiger partial charge in [0, 0.05) is 17.3 Å². The van der Waals surface area contributed by atoms with Crippen LogP contribution in [0.15, 0.2) is 60.2 Å². The van der Waals surface area contributed by atoms with Gasteiger partial charge in [0.1, 0.15) is 17.2 Å². The third-order valence-electron chi connectivity index (χ3n) is 5.04. The van der Waals surface area contributed by atoms with Crippen LogP contribution in [0, 0.1) is 6.92 Å². The molecule has 34 heavy (non-hydrogen) atoms. The Kier molecular flexibility index (Phi) is 7.12. The minimum Gasteiger partial charge on any atom is -0.455 e. The van der Waals surface area contributed by atoms with Gasteiger partial charge in [-0.2, -0.15) is 5.10 Å². The number of carbonyl (C=O) groups is 2. The van der Waals surface area contributed by atoms with Gasteiger partial charge in [0.2, 0.25) is 5.91 Å². The molecule has 0 radical (unpaired) electrons. The van der Waals surface area contributed by atoms with Crippen LogP contribution in [0.25, 0.3) is 5.82 Å². The lowest BCUT2D eigenvalue weighted by atomic mass is 10.1. The second kappa shape index (κ2) is 10.4. The van der Waals surface area contributed by atoms with Gasteiger partial charge in [-0.05, 0) is 37.1 Å². The van der Waals surface area contributed by atoms with Gasteiger partial charge < -0.3 is 10.1 Å². The van der Waals surface area contributed by atoms with Crippen LogP contribution >= 0.6 is 11.3 Å². The molecule has 0 atom stereocenters. The van der Waals surface area contributed by atoms with Gasteiger partial charge in [-0.3, -0.25) is 4.79 Å². The Bertz CT molecular complexity index is 1280. The lowest BCUT2D eigenvalue weighted by Gasteiger charge is -2.11. The van der Waals surface area contributed by atoms with Crippen molar-refractivity contribution in [2.45, 2.75) is 39.7 Å². The van der Waals surface area contributed by atoms with E-state index in [0.29, 0.717) is 22.1 Å². The van der Waals surface area contributed by atoms with Crippen molar-refractivity contribution in [1.82, 2.24) is 19.7 Å². The Morgan fingerprint density at radius 2 is 1.94 bits per heavy atom. The van der Waals surface area contributed by atoms with E-state index >= 15 is 0 Å². The number of ether oxygens (including phenoxy) is 1. The van der Waals surface area contributed by atoms with Crippen LogP contribution in [0.4, 0.5) is 5.69 Å². The van der Waals surface area contributed by atoms with Crippen LogP contribution in [-0.2, 0) is 22.6 Å². The molecule has 0 aliphatic rings. The summed E-state index contributed by atoms with van der Waals surface area (Å²) < 4.78 is 7.17. The van der Waals surface area contributed by atoms with E-state index in [0.717, 1.165) is 16.9 Å². The van der Waals surface area contributed by atoms with Gasteiger partial charge in [0.15, 0.2) is 5.82 Å². The molecule has 0 aliphatic carbocycles. The summed E-state index contributed by atoms with van der Waals surface area (Å²) in [6.07, 6.45) is 3.34. The van der Waals surface area contributed by atoms with E-state index in [1.807, 2.05) is 63.2 Å². The number of aryl methyl sites for hydroxylation is 1. The van der Waals surface area contributed by atoms with Gasteiger partial charge >= 0.3 is 5.97 Å². The zero-order valence-electron chi connectivity index (χ0n) is 19.2. The summed E-state index contributed by atoms with van der Waals surface area (Å²) in [5, 5.41) is 9.66. The highest BCUT2D eigenvalue weighted by Crippen LogP contribution is 2.23. The SMILES string of the molecule is Cc1ccc(NC(=O)Cc2nc(COC(=O)c3cnn(-c4ccccn4)c3C(C)C)cs2)cc1. The predicted octanol–water partition coefficient (Wildman–Crippen LogP) is 4.69. The molecule has 9 heteroatoms. The molecule has 1 amide bonds. The van der Waals surface area contributed by atoms with E-state index in [-0.39, 0.29) is 24.9 Å². The summed E-state index contributed by atoms with van der Waals surface area (Å²) in [5.74, 6) is 0.0473. The first-order valence-electron chi connectivity index (χ1n) is 10.9. The monoisotopic (exact) mass is 475 g/mol. The molecule has 3 aromatic heterocycles. The Hall–Kier alpha value is -3.85. The average molecular weight is 476 g/mol. The molecule has 1 aromatic carbocycles. The number of carbonyl (C=O) groups excluding carboxylic acids is 2. The van der Waals surface area contributed by atoms with Gasteiger partial charge in [-0.15, -0.1) is 11.3 Å². The molecule has 3 heterocycles. The number of benzene rings is 1. The number of rotatable bonds is 8. The smallest absolute Gasteiger partial charge is 0.342 e. The molecule has 0 unspecified atom stereocenters. The van der Waals surface area contributed by atoms with Gasteiger partial charge in [-0.1, -0.05) is 37.6 Å². The molecule has 0 spiro atoms. The second-order valence-electron chi connectivity index (χ2n) is 8.10. The first kappa shape index (κ1) is 23.3. The zero-order chi connectivity index (χ0) is 24.1. The molecule has 0 bridgehead atoms. The van der Waals surface area contributed by atoms with Crippen molar-refractivity contribution in [3.8, 4) is 5.82 Å².